The number of aromatic nitrogens is 2. The Morgan fingerprint density at radius 3 is 2.95 bits per heavy atom. The zero-order valence-electron chi connectivity index (χ0n) is 11.1. The fraction of sp³-hybridized carbons (Fsp3) is 0.500. The summed E-state index contributed by atoms with van der Waals surface area (Å²) < 4.78 is 0. The maximum atomic E-state index is 4.75. The lowest BCUT2D eigenvalue weighted by molar-refractivity contribution is 0.230. The summed E-state index contributed by atoms with van der Waals surface area (Å²) >= 11 is 0. The van der Waals surface area contributed by atoms with Crippen LogP contribution < -0.4 is 0 Å². The molecule has 1 aromatic heterocycles. The van der Waals surface area contributed by atoms with Gasteiger partial charge in [-0.1, -0.05) is 18.6 Å². The minimum Gasteiger partial charge on any atom is -0.294 e. The van der Waals surface area contributed by atoms with Crippen molar-refractivity contribution in [2.75, 3.05) is 6.54 Å². The van der Waals surface area contributed by atoms with Crippen molar-refractivity contribution in [1.29, 1.82) is 0 Å². The van der Waals surface area contributed by atoms with E-state index in [1.807, 2.05) is 30.5 Å². The van der Waals surface area contributed by atoms with Crippen LogP contribution in [-0.4, -0.2) is 27.5 Å². The molecule has 2 aliphatic rings. The second-order valence-electron chi connectivity index (χ2n) is 5.87. The van der Waals surface area contributed by atoms with Crippen molar-refractivity contribution in [2.45, 2.75) is 38.3 Å². The van der Waals surface area contributed by atoms with Gasteiger partial charge in [-0.15, -0.1) is 0 Å². The monoisotopic (exact) mass is 253 g/mol. The number of likely N-dealkylation sites (tertiary alicyclic amines) is 1. The number of rotatable bonds is 2. The highest BCUT2D eigenvalue weighted by Gasteiger charge is 2.37. The van der Waals surface area contributed by atoms with Crippen LogP contribution in [0, 0.1) is 5.92 Å². The van der Waals surface area contributed by atoms with Crippen LogP contribution in [0.5, 0.6) is 0 Å². The molecule has 98 valence electrons. The molecular weight excluding hydrogens is 234 g/mol. The molecule has 0 radical (unpaired) electrons. The van der Waals surface area contributed by atoms with Gasteiger partial charge in [0.1, 0.15) is 0 Å². The van der Waals surface area contributed by atoms with Gasteiger partial charge < -0.3 is 0 Å². The molecule has 4 rings (SSSR count). The van der Waals surface area contributed by atoms with E-state index in [4.69, 9.17) is 4.98 Å². The van der Waals surface area contributed by atoms with Crippen molar-refractivity contribution in [3.05, 3.63) is 36.2 Å². The minimum atomic E-state index is 0.813. The first-order valence-electron chi connectivity index (χ1n) is 7.35. The van der Waals surface area contributed by atoms with E-state index in [2.05, 4.69) is 9.88 Å². The van der Waals surface area contributed by atoms with E-state index >= 15 is 0 Å². The maximum absolute atomic E-state index is 4.75. The van der Waals surface area contributed by atoms with E-state index in [1.165, 1.54) is 32.2 Å². The van der Waals surface area contributed by atoms with Crippen molar-refractivity contribution < 1.29 is 0 Å². The molecule has 2 heterocycles. The van der Waals surface area contributed by atoms with Crippen LogP contribution in [0.4, 0.5) is 0 Å². The van der Waals surface area contributed by atoms with E-state index < -0.39 is 0 Å². The molecule has 2 fully saturated rings. The lowest BCUT2D eigenvalue weighted by atomic mass is 10.0. The molecule has 1 saturated heterocycles. The second-order valence-corrected chi connectivity index (χ2v) is 5.87. The van der Waals surface area contributed by atoms with Gasteiger partial charge >= 0.3 is 0 Å². The van der Waals surface area contributed by atoms with Crippen LogP contribution >= 0.6 is 0 Å². The summed E-state index contributed by atoms with van der Waals surface area (Å²) in [7, 11) is 0. The van der Waals surface area contributed by atoms with Gasteiger partial charge in [0.15, 0.2) is 0 Å². The largest absolute Gasteiger partial charge is 0.294 e. The number of para-hydroxylation sites is 2. The van der Waals surface area contributed by atoms with Crippen molar-refractivity contribution in [1.82, 2.24) is 14.9 Å². The molecule has 2 aromatic rings. The van der Waals surface area contributed by atoms with E-state index in [-0.39, 0.29) is 0 Å². The summed E-state index contributed by atoms with van der Waals surface area (Å²) in [6.45, 7) is 2.21. The van der Waals surface area contributed by atoms with Gasteiger partial charge in [-0.2, -0.15) is 0 Å². The smallest absolute Gasteiger partial charge is 0.0890 e. The van der Waals surface area contributed by atoms with Gasteiger partial charge in [0.05, 0.1) is 22.9 Å². The lowest BCUT2D eigenvalue weighted by Crippen LogP contribution is -2.29. The molecule has 1 aliphatic heterocycles. The first-order valence-corrected chi connectivity index (χ1v) is 7.35. The molecule has 3 heteroatoms. The summed E-state index contributed by atoms with van der Waals surface area (Å²) in [5.74, 6) is 0.952. The SMILES string of the molecule is c1ccc2nc(CN3CC[C@H]4CCC[C@H]43)cnc2c1. The van der Waals surface area contributed by atoms with Crippen molar-refractivity contribution in [2.24, 2.45) is 5.92 Å². The highest BCUT2D eigenvalue weighted by Crippen LogP contribution is 2.38. The van der Waals surface area contributed by atoms with Crippen molar-refractivity contribution >= 4 is 11.0 Å². The van der Waals surface area contributed by atoms with Crippen LogP contribution in [0.3, 0.4) is 0 Å². The number of hydrogen-bond acceptors (Lipinski definition) is 3. The molecule has 2 atom stereocenters. The van der Waals surface area contributed by atoms with Crippen LogP contribution in [0.1, 0.15) is 31.4 Å². The van der Waals surface area contributed by atoms with E-state index in [0.717, 1.165) is 35.2 Å². The molecule has 1 aliphatic carbocycles. The summed E-state index contributed by atoms with van der Waals surface area (Å²) in [5, 5.41) is 0. The van der Waals surface area contributed by atoms with Crippen LogP contribution in [-0.2, 0) is 6.54 Å². The number of fused-ring (bicyclic) bond motifs is 2. The normalized spacial score (nSPS) is 26.9. The van der Waals surface area contributed by atoms with Gasteiger partial charge in [-0.3, -0.25) is 9.88 Å². The number of benzene rings is 1. The molecule has 1 saturated carbocycles. The minimum absolute atomic E-state index is 0.813. The molecular formula is C16H19N3. The first-order chi connectivity index (χ1) is 9.40. The third-order valence-electron chi connectivity index (χ3n) is 4.74. The van der Waals surface area contributed by atoms with Crippen molar-refractivity contribution in [3.63, 3.8) is 0 Å². The molecule has 0 bridgehead atoms. The van der Waals surface area contributed by atoms with E-state index in [1.54, 1.807) is 0 Å². The zero-order chi connectivity index (χ0) is 12.7. The third kappa shape index (κ3) is 2.02. The maximum Gasteiger partial charge on any atom is 0.0890 e. The summed E-state index contributed by atoms with van der Waals surface area (Å²) in [4.78, 5) is 11.9. The highest BCUT2D eigenvalue weighted by molar-refractivity contribution is 5.73. The molecule has 0 amide bonds. The molecule has 19 heavy (non-hydrogen) atoms. The molecule has 1 aromatic carbocycles. The van der Waals surface area contributed by atoms with Gasteiger partial charge in [0.2, 0.25) is 0 Å². The van der Waals surface area contributed by atoms with Gasteiger partial charge in [0.25, 0.3) is 0 Å². The predicted octanol–water partition coefficient (Wildman–Crippen LogP) is 3.00. The van der Waals surface area contributed by atoms with E-state index in [0.29, 0.717) is 0 Å². The van der Waals surface area contributed by atoms with E-state index in [9.17, 15) is 0 Å². The Kier molecular flexibility index (Phi) is 2.73. The number of hydrogen-bond donors (Lipinski definition) is 0. The Hall–Kier alpha value is -1.48. The van der Waals surface area contributed by atoms with Gasteiger partial charge in [-0.25, -0.2) is 4.98 Å². The Labute approximate surface area is 113 Å². The fourth-order valence-corrected chi connectivity index (χ4v) is 3.81. The first kappa shape index (κ1) is 11.4. The summed E-state index contributed by atoms with van der Waals surface area (Å²) in [5.41, 5.74) is 3.12. The van der Waals surface area contributed by atoms with Crippen LogP contribution in [0.15, 0.2) is 30.5 Å². The van der Waals surface area contributed by atoms with Crippen LogP contribution in [0.2, 0.25) is 0 Å². The Morgan fingerprint density at radius 2 is 2.00 bits per heavy atom. The zero-order valence-corrected chi connectivity index (χ0v) is 11.1. The average molecular weight is 253 g/mol. The van der Waals surface area contributed by atoms with Gasteiger partial charge in [0, 0.05) is 12.6 Å². The van der Waals surface area contributed by atoms with Crippen LogP contribution in [0.25, 0.3) is 11.0 Å². The Morgan fingerprint density at radius 1 is 1.11 bits per heavy atom. The molecule has 3 nitrogen and oxygen atoms in total. The van der Waals surface area contributed by atoms with Gasteiger partial charge in [-0.05, 0) is 43.9 Å². The average Bonchev–Trinajstić information content (AvgIpc) is 3.04. The van der Waals surface area contributed by atoms with Crippen molar-refractivity contribution in [3.8, 4) is 0 Å². The lowest BCUT2D eigenvalue weighted by Gasteiger charge is -2.23. The standard InChI is InChI=1S/C16H19N3/c1-2-6-15-14(5-1)17-10-13(18-15)11-19-9-8-12-4-3-7-16(12)19/h1-2,5-6,10,12,16H,3-4,7-9,11H2/t12-,16-/m1/s1. The highest BCUT2D eigenvalue weighted by atomic mass is 15.2. The Balaban J connectivity index is 1.58. The molecule has 0 unspecified atom stereocenters. The summed E-state index contributed by atoms with van der Waals surface area (Å²) in [6, 6.07) is 8.93. The Bertz CT molecular complexity index is 595. The number of nitrogens with zero attached hydrogens (tertiary/aromatic N) is 3. The summed E-state index contributed by atoms with van der Waals surface area (Å²) in [6.07, 6.45) is 7.56. The quantitative estimate of drug-likeness (QED) is 0.824. The second kappa shape index (κ2) is 4.57. The fourth-order valence-electron chi connectivity index (χ4n) is 3.81. The molecule has 0 spiro atoms. The topological polar surface area (TPSA) is 29.0 Å². The molecule has 0 N–H and O–H groups in total. The third-order valence-corrected chi connectivity index (χ3v) is 4.74. The predicted molar refractivity (Wildman–Crippen MR) is 75.7 cm³/mol.